The van der Waals surface area contributed by atoms with Crippen molar-refractivity contribution in [3.8, 4) is 11.8 Å². The molecule has 9 heteroatoms. The third-order valence-electron chi connectivity index (χ3n) is 4.48. The van der Waals surface area contributed by atoms with Crippen LogP contribution in [0.4, 0.5) is 36.3 Å². The summed E-state index contributed by atoms with van der Waals surface area (Å²) >= 11 is 0. The summed E-state index contributed by atoms with van der Waals surface area (Å²) in [6.45, 7) is 2.75. The van der Waals surface area contributed by atoms with E-state index < -0.39 is 17.6 Å². The van der Waals surface area contributed by atoms with Crippen molar-refractivity contribution in [2.24, 2.45) is 0 Å². The fourth-order valence-corrected chi connectivity index (χ4v) is 2.85. The fraction of sp³-hybridized carbons (Fsp3) is 0.261. The van der Waals surface area contributed by atoms with E-state index in [0.717, 1.165) is 25.5 Å². The van der Waals surface area contributed by atoms with Gasteiger partial charge in [0, 0.05) is 17.6 Å². The molecule has 32 heavy (non-hydrogen) atoms. The van der Waals surface area contributed by atoms with E-state index in [-0.39, 0.29) is 5.95 Å². The second kappa shape index (κ2) is 10.5. The maximum atomic E-state index is 13.4. The van der Waals surface area contributed by atoms with Crippen LogP contribution < -0.4 is 15.4 Å². The molecule has 0 fully saturated rings. The normalized spacial score (nSPS) is 11.0. The molecule has 0 radical (unpaired) electrons. The third kappa shape index (κ3) is 6.35. The molecule has 1 aromatic heterocycles. The van der Waals surface area contributed by atoms with Gasteiger partial charge in [-0.2, -0.15) is 23.4 Å². The fourth-order valence-electron chi connectivity index (χ4n) is 2.85. The lowest BCUT2D eigenvalue weighted by Gasteiger charge is -2.15. The van der Waals surface area contributed by atoms with Gasteiger partial charge in [-0.1, -0.05) is 25.8 Å². The molecule has 166 valence electrons. The Morgan fingerprint density at radius 1 is 1.03 bits per heavy atom. The van der Waals surface area contributed by atoms with Crippen LogP contribution in [0.15, 0.2) is 54.7 Å². The number of aromatic nitrogens is 2. The zero-order valence-corrected chi connectivity index (χ0v) is 17.4. The maximum Gasteiger partial charge on any atom is 0.421 e. The molecule has 1 heterocycles. The number of nitrogens with zero attached hydrogens (tertiary/aromatic N) is 3. The summed E-state index contributed by atoms with van der Waals surface area (Å²) in [4.78, 5) is 7.81. The van der Waals surface area contributed by atoms with Crippen LogP contribution in [-0.4, -0.2) is 16.6 Å². The van der Waals surface area contributed by atoms with Crippen molar-refractivity contribution in [1.82, 2.24) is 9.97 Å². The Morgan fingerprint density at radius 3 is 2.50 bits per heavy atom. The molecular weight excluding hydrogens is 419 g/mol. The highest BCUT2D eigenvalue weighted by Gasteiger charge is 2.35. The van der Waals surface area contributed by atoms with Gasteiger partial charge in [-0.25, -0.2) is 4.98 Å². The first-order valence-corrected chi connectivity index (χ1v) is 10.1. The summed E-state index contributed by atoms with van der Waals surface area (Å²) in [6, 6.07) is 15.1. The molecule has 0 amide bonds. The number of nitriles is 1. The van der Waals surface area contributed by atoms with Gasteiger partial charge in [-0.15, -0.1) is 0 Å². The molecule has 0 unspecified atom stereocenters. The monoisotopic (exact) mass is 441 g/mol. The van der Waals surface area contributed by atoms with Crippen LogP contribution in [-0.2, 0) is 6.18 Å². The van der Waals surface area contributed by atoms with Crippen LogP contribution in [0.3, 0.4) is 0 Å². The second-order valence-electron chi connectivity index (χ2n) is 6.98. The molecule has 0 saturated carbocycles. The Kier molecular flexibility index (Phi) is 7.49. The van der Waals surface area contributed by atoms with Crippen molar-refractivity contribution < 1.29 is 17.9 Å². The third-order valence-corrected chi connectivity index (χ3v) is 4.48. The van der Waals surface area contributed by atoms with Gasteiger partial charge < -0.3 is 15.4 Å². The first kappa shape index (κ1) is 22.9. The van der Waals surface area contributed by atoms with Gasteiger partial charge in [0.1, 0.15) is 17.1 Å². The largest absolute Gasteiger partial charge is 0.494 e. The van der Waals surface area contributed by atoms with Gasteiger partial charge in [0.15, 0.2) is 0 Å². The number of nitrogens with one attached hydrogen (secondary N) is 2. The molecular formula is C23H22F3N5O. The van der Waals surface area contributed by atoms with Crippen LogP contribution >= 0.6 is 0 Å². The Balaban J connectivity index is 1.77. The second-order valence-corrected chi connectivity index (χ2v) is 6.98. The van der Waals surface area contributed by atoms with Crippen molar-refractivity contribution in [1.29, 1.82) is 5.26 Å². The van der Waals surface area contributed by atoms with Gasteiger partial charge >= 0.3 is 6.18 Å². The van der Waals surface area contributed by atoms with E-state index >= 15 is 0 Å². The van der Waals surface area contributed by atoms with Gasteiger partial charge in [0.25, 0.3) is 0 Å². The molecule has 6 nitrogen and oxygen atoms in total. The molecule has 0 spiro atoms. The number of halogens is 3. The molecule has 0 aliphatic rings. The number of hydrogen-bond acceptors (Lipinski definition) is 6. The summed E-state index contributed by atoms with van der Waals surface area (Å²) in [6.07, 6.45) is -0.744. The van der Waals surface area contributed by atoms with Crippen molar-refractivity contribution in [2.75, 3.05) is 17.2 Å². The molecule has 3 aromatic rings. The van der Waals surface area contributed by atoms with Gasteiger partial charge in [0.05, 0.1) is 18.2 Å². The topological polar surface area (TPSA) is 82.9 Å². The number of alkyl halides is 3. The highest BCUT2D eigenvalue weighted by molar-refractivity contribution is 5.64. The highest BCUT2D eigenvalue weighted by Crippen LogP contribution is 2.35. The minimum Gasteiger partial charge on any atom is -0.494 e. The summed E-state index contributed by atoms with van der Waals surface area (Å²) in [7, 11) is 0. The smallest absolute Gasteiger partial charge is 0.421 e. The number of rotatable bonds is 9. The Hall–Kier alpha value is -3.80. The molecule has 0 atom stereocenters. The van der Waals surface area contributed by atoms with Crippen molar-refractivity contribution in [3.05, 3.63) is 65.9 Å². The van der Waals surface area contributed by atoms with Crippen LogP contribution in [0.1, 0.15) is 37.3 Å². The minimum atomic E-state index is -4.65. The van der Waals surface area contributed by atoms with Crippen molar-refractivity contribution in [3.63, 3.8) is 0 Å². The number of benzene rings is 2. The summed E-state index contributed by atoms with van der Waals surface area (Å²) in [5, 5.41) is 14.5. The number of unbranched alkanes of at least 4 members (excludes halogenated alkanes) is 2. The molecule has 0 bridgehead atoms. The molecule has 0 saturated heterocycles. The first-order chi connectivity index (χ1) is 15.4. The first-order valence-electron chi connectivity index (χ1n) is 10.1. The van der Waals surface area contributed by atoms with Crippen LogP contribution in [0.25, 0.3) is 0 Å². The Morgan fingerprint density at radius 2 is 1.81 bits per heavy atom. The summed E-state index contributed by atoms with van der Waals surface area (Å²) in [5.74, 6) is 0.286. The van der Waals surface area contributed by atoms with Crippen molar-refractivity contribution in [2.45, 2.75) is 32.4 Å². The minimum absolute atomic E-state index is 0.00597. The van der Waals surface area contributed by atoms with Gasteiger partial charge in [-0.05, 0) is 48.9 Å². The number of hydrogen-bond donors (Lipinski definition) is 2. The zero-order chi connectivity index (χ0) is 23.0. The molecule has 0 aliphatic carbocycles. The number of anilines is 4. The molecule has 2 aromatic carbocycles. The maximum absolute atomic E-state index is 13.4. The predicted octanol–water partition coefficient (Wildman–Crippen LogP) is 6.42. The van der Waals surface area contributed by atoms with E-state index in [4.69, 9.17) is 10.00 Å². The Labute approximate surface area is 184 Å². The van der Waals surface area contributed by atoms with E-state index in [2.05, 4.69) is 27.5 Å². The summed E-state index contributed by atoms with van der Waals surface area (Å²) < 4.78 is 46.0. The SMILES string of the molecule is CCCCCOc1ccc(Nc2ncc(C(F)(F)F)c(Nc3cccc(C#N)c3)n2)cc1. The van der Waals surface area contributed by atoms with Crippen molar-refractivity contribution >= 4 is 23.1 Å². The van der Waals surface area contributed by atoms with E-state index in [9.17, 15) is 13.2 Å². The molecule has 0 aliphatic heterocycles. The van der Waals surface area contributed by atoms with E-state index in [1.165, 1.54) is 6.07 Å². The lowest BCUT2D eigenvalue weighted by molar-refractivity contribution is -0.137. The lowest BCUT2D eigenvalue weighted by atomic mass is 10.2. The summed E-state index contributed by atoms with van der Waals surface area (Å²) in [5.41, 5.74) is 0.209. The van der Waals surface area contributed by atoms with E-state index in [1.54, 1.807) is 42.5 Å². The van der Waals surface area contributed by atoms with Crippen LogP contribution in [0, 0.1) is 11.3 Å². The van der Waals surface area contributed by atoms with Gasteiger partial charge in [-0.3, -0.25) is 0 Å². The van der Waals surface area contributed by atoms with E-state index in [0.29, 0.717) is 29.3 Å². The average molecular weight is 441 g/mol. The zero-order valence-electron chi connectivity index (χ0n) is 17.4. The van der Waals surface area contributed by atoms with Crippen LogP contribution in [0.5, 0.6) is 5.75 Å². The molecule has 2 N–H and O–H groups in total. The standard InChI is InChI=1S/C23H22F3N5O/c1-2-3-4-12-32-19-10-8-17(9-11-19)30-22-28-15-20(23(24,25)26)21(31-22)29-18-7-5-6-16(13-18)14-27/h5-11,13,15H,2-4,12H2,1H3,(H2,28,29,30,31). The average Bonchev–Trinajstić information content (AvgIpc) is 2.77. The number of ether oxygens (including phenoxy) is 1. The van der Waals surface area contributed by atoms with Crippen LogP contribution in [0.2, 0.25) is 0 Å². The predicted molar refractivity (Wildman–Crippen MR) is 116 cm³/mol. The lowest BCUT2D eigenvalue weighted by Crippen LogP contribution is -2.12. The highest BCUT2D eigenvalue weighted by atomic mass is 19.4. The molecule has 3 rings (SSSR count). The quantitative estimate of drug-likeness (QED) is 0.373. The van der Waals surface area contributed by atoms with E-state index in [1.807, 2.05) is 6.07 Å². The van der Waals surface area contributed by atoms with Gasteiger partial charge in [0.2, 0.25) is 5.95 Å². The Bertz CT molecular complexity index is 1080.